The Morgan fingerprint density at radius 2 is 2.14 bits per heavy atom. The van der Waals surface area contributed by atoms with Crippen LogP contribution in [0, 0.1) is 0 Å². The SMILES string of the molecule is COCCNC(=O)C(C)Nc1nnnn1-c1ccccc1. The standard InChI is InChI=1S/C13H18N6O2/c1-10(12(20)14-8-9-21-2)15-13-16-17-18-19(13)11-6-4-3-5-7-11/h3-7,10H,8-9H2,1-2H3,(H,14,20)(H,15,16,18). The molecule has 0 aliphatic heterocycles. The molecule has 0 radical (unpaired) electrons. The summed E-state index contributed by atoms with van der Waals surface area (Å²) in [4.78, 5) is 11.9. The number of para-hydroxylation sites is 1. The van der Waals surface area contributed by atoms with Crippen LogP contribution < -0.4 is 10.6 Å². The number of carbonyl (C=O) groups is 1. The van der Waals surface area contributed by atoms with E-state index in [2.05, 4.69) is 26.2 Å². The van der Waals surface area contributed by atoms with E-state index in [4.69, 9.17) is 4.74 Å². The average molecular weight is 290 g/mol. The van der Waals surface area contributed by atoms with E-state index in [1.165, 1.54) is 0 Å². The number of methoxy groups -OCH3 is 1. The van der Waals surface area contributed by atoms with Gasteiger partial charge in [0.2, 0.25) is 11.9 Å². The summed E-state index contributed by atoms with van der Waals surface area (Å²) in [6.07, 6.45) is 0. The molecule has 0 saturated carbocycles. The minimum atomic E-state index is -0.463. The second kappa shape index (κ2) is 7.34. The summed E-state index contributed by atoms with van der Waals surface area (Å²) < 4.78 is 6.42. The van der Waals surface area contributed by atoms with Gasteiger partial charge in [-0.3, -0.25) is 4.79 Å². The molecule has 1 atom stereocenters. The van der Waals surface area contributed by atoms with Gasteiger partial charge in [-0.1, -0.05) is 23.3 Å². The van der Waals surface area contributed by atoms with Crippen LogP contribution in [-0.2, 0) is 9.53 Å². The van der Waals surface area contributed by atoms with Crippen LogP contribution in [0.25, 0.3) is 5.69 Å². The van der Waals surface area contributed by atoms with Crippen molar-refractivity contribution >= 4 is 11.9 Å². The Bertz CT molecular complexity index is 571. The van der Waals surface area contributed by atoms with Gasteiger partial charge in [0.1, 0.15) is 6.04 Å². The maximum Gasteiger partial charge on any atom is 0.248 e. The Balaban J connectivity index is 2.00. The first-order chi connectivity index (χ1) is 10.2. The lowest BCUT2D eigenvalue weighted by Crippen LogP contribution is -2.39. The van der Waals surface area contributed by atoms with E-state index in [1.54, 1.807) is 18.7 Å². The lowest BCUT2D eigenvalue weighted by molar-refractivity contribution is -0.121. The molecule has 21 heavy (non-hydrogen) atoms. The van der Waals surface area contributed by atoms with Crippen LogP contribution in [0.4, 0.5) is 5.95 Å². The number of hydrogen-bond acceptors (Lipinski definition) is 6. The van der Waals surface area contributed by atoms with Crippen LogP contribution in [-0.4, -0.2) is 52.4 Å². The third-order valence-electron chi connectivity index (χ3n) is 2.81. The van der Waals surface area contributed by atoms with E-state index in [1.807, 2.05) is 30.3 Å². The van der Waals surface area contributed by atoms with Gasteiger partial charge in [-0.25, -0.2) is 0 Å². The summed E-state index contributed by atoms with van der Waals surface area (Å²) in [5, 5.41) is 17.2. The molecule has 8 heteroatoms. The van der Waals surface area contributed by atoms with Crippen molar-refractivity contribution in [1.82, 2.24) is 25.5 Å². The molecule has 1 aromatic heterocycles. The number of ether oxygens (including phenoxy) is 1. The van der Waals surface area contributed by atoms with E-state index < -0.39 is 6.04 Å². The topological polar surface area (TPSA) is 94.0 Å². The molecular weight excluding hydrogens is 272 g/mol. The minimum absolute atomic E-state index is 0.144. The largest absolute Gasteiger partial charge is 0.383 e. The van der Waals surface area contributed by atoms with Crippen LogP contribution in [0.2, 0.25) is 0 Å². The highest BCUT2D eigenvalue weighted by atomic mass is 16.5. The minimum Gasteiger partial charge on any atom is -0.383 e. The third-order valence-corrected chi connectivity index (χ3v) is 2.81. The number of amides is 1. The van der Waals surface area contributed by atoms with Gasteiger partial charge in [-0.05, 0) is 29.5 Å². The lowest BCUT2D eigenvalue weighted by Gasteiger charge is -2.14. The van der Waals surface area contributed by atoms with E-state index in [0.29, 0.717) is 19.1 Å². The zero-order valence-electron chi connectivity index (χ0n) is 12.0. The number of nitrogens with one attached hydrogen (secondary N) is 2. The molecule has 0 saturated heterocycles. The van der Waals surface area contributed by atoms with Crippen molar-refractivity contribution in [2.24, 2.45) is 0 Å². The summed E-state index contributed by atoms with van der Waals surface area (Å²) in [5.41, 5.74) is 0.817. The summed E-state index contributed by atoms with van der Waals surface area (Å²) in [5.74, 6) is 0.269. The second-order valence-electron chi connectivity index (χ2n) is 4.40. The number of benzene rings is 1. The Labute approximate surface area is 122 Å². The van der Waals surface area contributed by atoms with Crippen LogP contribution >= 0.6 is 0 Å². The Hall–Kier alpha value is -2.48. The molecule has 1 amide bonds. The van der Waals surface area contributed by atoms with E-state index >= 15 is 0 Å². The van der Waals surface area contributed by atoms with Gasteiger partial charge in [0.25, 0.3) is 0 Å². The molecule has 1 unspecified atom stereocenters. The van der Waals surface area contributed by atoms with Crippen molar-refractivity contribution in [3.63, 3.8) is 0 Å². The highest BCUT2D eigenvalue weighted by molar-refractivity contribution is 5.83. The molecule has 2 aromatic rings. The molecule has 0 aliphatic carbocycles. The van der Waals surface area contributed by atoms with Crippen molar-refractivity contribution in [2.75, 3.05) is 25.6 Å². The smallest absolute Gasteiger partial charge is 0.248 e. The molecule has 0 bridgehead atoms. The zero-order chi connectivity index (χ0) is 15.1. The molecule has 112 valence electrons. The number of carbonyl (C=O) groups excluding carboxylic acids is 1. The Morgan fingerprint density at radius 1 is 1.38 bits per heavy atom. The molecule has 1 aromatic carbocycles. The number of tetrazole rings is 1. The van der Waals surface area contributed by atoms with Crippen molar-refractivity contribution in [2.45, 2.75) is 13.0 Å². The molecule has 0 spiro atoms. The highest BCUT2D eigenvalue weighted by Gasteiger charge is 2.16. The quantitative estimate of drug-likeness (QED) is 0.709. The molecule has 2 rings (SSSR count). The van der Waals surface area contributed by atoms with Crippen molar-refractivity contribution in [3.8, 4) is 5.69 Å². The summed E-state index contributed by atoms with van der Waals surface area (Å²) in [6, 6.07) is 8.99. The van der Waals surface area contributed by atoms with Crippen LogP contribution in [0.15, 0.2) is 30.3 Å². The lowest BCUT2D eigenvalue weighted by atomic mass is 10.3. The fourth-order valence-corrected chi connectivity index (χ4v) is 1.71. The van der Waals surface area contributed by atoms with Crippen molar-refractivity contribution in [3.05, 3.63) is 30.3 Å². The van der Waals surface area contributed by atoms with Crippen molar-refractivity contribution < 1.29 is 9.53 Å². The fraction of sp³-hybridized carbons (Fsp3) is 0.385. The molecule has 0 aliphatic rings. The van der Waals surface area contributed by atoms with E-state index in [0.717, 1.165) is 5.69 Å². The predicted octanol–water partition coefficient (Wildman–Crippen LogP) is 0.225. The summed E-state index contributed by atoms with van der Waals surface area (Å²) >= 11 is 0. The van der Waals surface area contributed by atoms with Gasteiger partial charge >= 0.3 is 0 Å². The Morgan fingerprint density at radius 3 is 2.86 bits per heavy atom. The monoisotopic (exact) mass is 290 g/mol. The fourth-order valence-electron chi connectivity index (χ4n) is 1.71. The number of aromatic nitrogens is 4. The van der Waals surface area contributed by atoms with Crippen LogP contribution in [0.5, 0.6) is 0 Å². The molecule has 8 nitrogen and oxygen atoms in total. The number of hydrogen-bond donors (Lipinski definition) is 2. The van der Waals surface area contributed by atoms with Crippen molar-refractivity contribution in [1.29, 1.82) is 0 Å². The summed E-state index contributed by atoms with van der Waals surface area (Å²) in [6.45, 7) is 2.68. The van der Waals surface area contributed by atoms with Gasteiger partial charge < -0.3 is 15.4 Å². The normalized spacial score (nSPS) is 11.9. The molecule has 2 N–H and O–H groups in total. The first-order valence-electron chi connectivity index (χ1n) is 6.59. The number of nitrogens with zero attached hydrogens (tertiary/aromatic N) is 4. The van der Waals surface area contributed by atoms with Gasteiger partial charge in [0, 0.05) is 13.7 Å². The van der Waals surface area contributed by atoms with Crippen LogP contribution in [0.1, 0.15) is 6.92 Å². The van der Waals surface area contributed by atoms with Gasteiger partial charge in [0.05, 0.1) is 12.3 Å². The van der Waals surface area contributed by atoms with E-state index in [-0.39, 0.29) is 5.91 Å². The highest BCUT2D eigenvalue weighted by Crippen LogP contribution is 2.11. The maximum absolute atomic E-state index is 11.9. The first kappa shape index (κ1) is 14.9. The zero-order valence-corrected chi connectivity index (χ0v) is 12.0. The Kier molecular flexibility index (Phi) is 5.22. The first-order valence-corrected chi connectivity index (χ1v) is 6.59. The second-order valence-corrected chi connectivity index (χ2v) is 4.40. The van der Waals surface area contributed by atoms with Gasteiger partial charge in [0.15, 0.2) is 0 Å². The summed E-state index contributed by atoms with van der Waals surface area (Å²) in [7, 11) is 1.59. The van der Waals surface area contributed by atoms with Crippen LogP contribution in [0.3, 0.4) is 0 Å². The van der Waals surface area contributed by atoms with E-state index in [9.17, 15) is 4.79 Å². The molecule has 1 heterocycles. The molecule has 0 fully saturated rings. The van der Waals surface area contributed by atoms with Gasteiger partial charge in [-0.2, -0.15) is 4.68 Å². The average Bonchev–Trinajstić information content (AvgIpc) is 2.96. The maximum atomic E-state index is 11.9. The number of rotatable bonds is 7. The number of anilines is 1. The van der Waals surface area contributed by atoms with Gasteiger partial charge in [-0.15, -0.1) is 0 Å². The predicted molar refractivity (Wildman–Crippen MR) is 77.1 cm³/mol. The third kappa shape index (κ3) is 3.99. The molecular formula is C13H18N6O2.